The molecule has 1 rings (SSSR count). The van der Waals surface area contributed by atoms with E-state index in [1.165, 1.54) is 0 Å². The molecule has 0 amide bonds. The van der Waals surface area contributed by atoms with E-state index in [9.17, 15) is 8.42 Å². The van der Waals surface area contributed by atoms with E-state index in [-0.39, 0.29) is 0 Å². The van der Waals surface area contributed by atoms with E-state index in [4.69, 9.17) is 16.7 Å². The van der Waals surface area contributed by atoms with Crippen LogP contribution in [0, 0.1) is 0 Å². The monoisotopic (exact) mass is 234 g/mol. The summed E-state index contributed by atoms with van der Waals surface area (Å²) in [5.74, 6) is 0. The Kier molecular flexibility index (Phi) is 3.49. The van der Waals surface area contributed by atoms with Crippen LogP contribution >= 0.6 is 11.6 Å². The van der Waals surface area contributed by atoms with Gasteiger partial charge in [-0.15, -0.1) is 0 Å². The van der Waals surface area contributed by atoms with Crippen molar-refractivity contribution in [1.82, 2.24) is 4.72 Å². The Hall–Kier alpha value is -0.620. The van der Waals surface area contributed by atoms with Gasteiger partial charge in [0.2, 0.25) is 0 Å². The first-order valence-corrected chi connectivity index (χ1v) is 5.87. The van der Waals surface area contributed by atoms with Crippen molar-refractivity contribution in [2.45, 2.75) is 13.0 Å². The van der Waals surface area contributed by atoms with Gasteiger partial charge in [-0.05, 0) is 18.6 Å². The van der Waals surface area contributed by atoms with Gasteiger partial charge in [0.05, 0.1) is 0 Å². The number of benzene rings is 1. The van der Waals surface area contributed by atoms with Crippen molar-refractivity contribution in [3.05, 3.63) is 34.9 Å². The summed E-state index contributed by atoms with van der Waals surface area (Å²) in [6.07, 6.45) is 0. The van der Waals surface area contributed by atoms with Gasteiger partial charge >= 0.3 is 0 Å². The quantitative estimate of drug-likeness (QED) is 0.825. The van der Waals surface area contributed by atoms with Gasteiger partial charge in [-0.1, -0.05) is 29.8 Å². The molecule has 0 aliphatic heterocycles. The molecular formula is C8H11ClN2O2S. The number of nitrogens with one attached hydrogen (secondary N) is 1. The molecule has 1 aromatic carbocycles. The van der Waals surface area contributed by atoms with Crippen LogP contribution < -0.4 is 9.86 Å². The maximum Gasteiger partial charge on any atom is 0.274 e. The largest absolute Gasteiger partial charge is 0.274 e. The minimum atomic E-state index is -3.70. The summed E-state index contributed by atoms with van der Waals surface area (Å²) in [6, 6.07) is 6.56. The van der Waals surface area contributed by atoms with Crippen LogP contribution in [0.25, 0.3) is 0 Å². The summed E-state index contributed by atoms with van der Waals surface area (Å²) in [4.78, 5) is 0. The Morgan fingerprint density at radius 2 is 2.00 bits per heavy atom. The molecule has 0 spiro atoms. The molecule has 0 saturated carbocycles. The molecule has 1 unspecified atom stereocenters. The third kappa shape index (κ3) is 3.26. The standard InChI is InChI=1S/C8H11ClN2O2S/c1-6(11-14(10,12)13)7-4-2-3-5-8(7)9/h2-6,11H,1H3,(H2,10,12,13). The molecule has 6 heteroatoms. The van der Waals surface area contributed by atoms with Gasteiger partial charge in [-0.2, -0.15) is 13.1 Å². The maximum absolute atomic E-state index is 10.7. The molecule has 0 bridgehead atoms. The normalized spacial score (nSPS) is 13.9. The molecule has 3 N–H and O–H groups in total. The van der Waals surface area contributed by atoms with Crippen molar-refractivity contribution in [2.75, 3.05) is 0 Å². The lowest BCUT2D eigenvalue weighted by Crippen LogP contribution is -2.33. The lowest BCUT2D eigenvalue weighted by atomic mass is 10.1. The number of rotatable bonds is 3. The van der Waals surface area contributed by atoms with Crippen molar-refractivity contribution in [3.63, 3.8) is 0 Å². The molecule has 0 heterocycles. The van der Waals surface area contributed by atoms with Crippen molar-refractivity contribution >= 4 is 21.8 Å². The van der Waals surface area contributed by atoms with Crippen LogP contribution in [0.15, 0.2) is 24.3 Å². The fourth-order valence-corrected chi connectivity index (χ4v) is 2.06. The Balaban J connectivity index is 2.90. The summed E-state index contributed by atoms with van der Waals surface area (Å²) in [5.41, 5.74) is 0.697. The van der Waals surface area contributed by atoms with Gasteiger partial charge in [0.15, 0.2) is 0 Å². The Labute approximate surface area is 88.3 Å². The van der Waals surface area contributed by atoms with E-state index < -0.39 is 16.3 Å². The second kappa shape index (κ2) is 4.27. The highest BCUT2D eigenvalue weighted by molar-refractivity contribution is 7.87. The van der Waals surface area contributed by atoms with Crippen LogP contribution in [0.4, 0.5) is 0 Å². The molecule has 1 aromatic rings. The summed E-state index contributed by atoms with van der Waals surface area (Å²) >= 11 is 5.87. The highest BCUT2D eigenvalue weighted by Gasteiger charge is 2.13. The number of halogens is 1. The predicted octanol–water partition coefficient (Wildman–Crippen LogP) is 1.19. The Bertz CT molecular complexity index is 419. The highest BCUT2D eigenvalue weighted by atomic mass is 35.5. The van der Waals surface area contributed by atoms with E-state index >= 15 is 0 Å². The molecule has 0 fully saturated rings. The summed E-state index contributed by atoms with van der Waals surface area (Å²) in [6.45, 7) is 1.67. The van der Waals surface area contributed by atoms with Gasteiger partial charge in [0.1, 0.15) is 0 Å². The Morgan fingerprint density at radius 3 is 2.50 bits per heavy atom. The van der Waals surface area contributed by atoms with Gasteiger partial charge in [0.25, 0.3) is 10.2 Å². The molecule has 4 nitrogen and oxygen atoms in total. The fraction of sp³-hybridized carbons (Fsp3) is 0.250. The van der Waals surface area contributed by atoms with E-state index in [1.54, 1.807) is 31.2 Å². The first kappa shape index (κ1) is 11.5. The zero-order chi connectivity index (χ0) is 10.8. The molecule has 14 heavy (non-hydrogen) atoms. The van der Waals surface area contributed by atoms with Gasteiger partial charge in [0, 0.05) is 11.1 Å². The number of hydrogen-bond donors (Lipinski definition) is 2. The highest BCUT2D eigenvalue weighted by Crippen LogP contribution is 2.22. The lowest BCUT2D eigenvalue weighted by Gasteiger charge is -2.13. The van der Waals surface area contributed by atoms with E-state index in [0.29, 0.717) is 10.6 Å². The SMILES string of the molecule is CC(NS(N)(=O)=O)c1ccccc1Cl. The second-order valence-electron chi connectivity index (χ2n) is 2.91. The molecule has 0 aromatic heterocycles. The van der Waals surface area contributed by atoms with Crippen molar-refractivity contribution < 1.29 is 8.42 Å². The third-order valence-electron chi connectivity index (χ3n) is 1.71. The smallest absolute Gasteiger partial charge is 0.216 e. The maximum atomic E-state index is 10.7. The van der Waals surface area contributed by atoms with Crippen molar-refractivity contribution in [1.29, 1.82) is 0 Å². The van der Waals surface area contributed by atoms with E-state index in [1.807, 2.05) is 0 Å². The minimum Gasteiger partial charge on any atom is -0.216 e. The molecular weight excluding hydrogens is 224 g/mol. The minimum absolute atomic E-state index is 0.432. The van der Waals surface area contributed by atoms with Crippen LogP contribution in [0.5, 0.6) is 0 Å². The van der Waals surface area contributed by atoms with Crippen LogP contribution in [0.1, 0.15) is 18.5 Å². The van der Waals surface area contributed by atoms with Crippen molar-refractivity contribution in [3.8, 4) is 0 Å². The summed E-state index contributed by atoms with van der Waals surface area (Å²) in [7, 11) is -3.70. The van der Waals surface area contributed by atoms with E-state index in [0.717, 1.165) is 0 Å². The zero-order valence-corrected chi connectivity index (χ0v) is 9.14. The van der Waals surface area contributed by atoms with Crippen molar-refractivity contribution in [2.24, 2.45) is 5.14 Å². The van der Waals surface area contributed by atoms with Crippen LogP contribution in [0.2, 0.25) is 5.02 Å². The number of nitrogens with two attached hydrogens (primary N) is 1. The molecule has 0 saturated heterocycles. The molecule has 0 radical (unpaired) electrons. The van der Waals surface area contributed by atoms with Gasteiger partial charge in [-0.3, -0.25) is 0 Å². The van der Waals surface area contributed by atoms with Crippen LogP contribution in [-0.2, 0) is 10.2 Å². The average molecular weight is 235 g/mol. The zero-order valence-electron chi connectivity index (χ0n) is 7.57. The molecule has 78 valence electrons. The van der Waals surface area contributed by atoms with E-state index in [2.05, 4.69) is 4.72 Å². The topological polar surface area (TPSA) is 72.2 Å². The predicted molar refractivity (Wildman–Crippen MR) is 56.1 cm³/mol. The molecule has 0 aliphatic rings. The lowest BCUT2D eigenvalue weighted by molar-refractivity contribution is 0.568. The summed E-state index contributed by atoms with van der Waals surface area (Å²) < 4.78 is 23.7. The number of hydrogen-bond acceptors (Lipinski definition) is 2. The fourth-order valence-electron chi connectivity index (χ4n) is 1.14. The average Bonchev–Trinajstić information content (AvgIpc) is 2.01. The first-order chi connectivity index (χ1) is 6.40. The first-order valence-electron chi connectivity index (χ1n) is 3.94. The third-order valence-corrected chi connectivity index (χ3v) is 2.74. The summed E-state index contributed by atoms with van der Waals surface area (Å²) in [5, 5.41) is 5.35. The second-order valence-corrected chi connectivity index (χ2v) is 4.64. The van der Waals surface area contributed by atoms with Crippen LogP contribution in [0.3, 0.4) is 0 Å². The van der Waals surface area contributed by atoms with Crippen LogP contribution in [-0.4, -0.2) is 8.42 Å². The van der Waals surface area contributed by atoms with Gasteiger partial charge in [-0.25, -0.2) is 5.14 Å². The molecule has 1 atom stereocenters. The van der Waals surface area contributed by atoms with Gasteiger partial charge < -0.3 is 0 Å². The Morgan fingerprint density at radius 1 is 1.43 bits per heavy atom. The molecule has 0 aliphatic carbocycles.